The molecule has 2 aromatic rings. The Kier molecular flexibility index (Phi) is 6.85. The fraction of sp³-hybridized carbons (Fsp3) is 0.333. The number of nitrogens with zero attached hydrogens (tertiary/aromatic N) is 1. The molecule has 0 fully saturated rings. The maximum Gasteiger partial charge on any atom is 0.325 e. The highest BCUT2D eigenvalue weighted by Gasteiger charge is 2.16. The second-order valence-electron chi connectivity index (χ2n) is 5.57. The molecule has 0 bridgehead atoms. The summed E-state index contributed by atoms with van der Waals surface area (Å²) in [6, 6.07) is 6.50. The highest BCUT2D eigenvalue weighted by molar-refractivity contribution is 7.13. The number of ether oxygens (including phenoxy) is 1. The van der Waals surface area contributed by atoms with Crippen LogP contribution in [0.1, 0.15) is 44.1 Å². The summed E-state index contributed by atoms with van der Waals surface area (Å²) >= 11 is 1.38. The van der Waals surface area contributed by atoms with Crippen LogP contribution in [0.3, 0.4) is 0 Å². The lowest BCUT2D eigenvalue weighted by molar-refractivity contribution is -0.139. The zero-order valence-electron chi connectivity index (χ0n) is 14.9. The first-order valence-electron chi connectivity index (χ1n) is 8.17. The average molecular weight is 375 g/mol. The van der Waals surface area contributed by atoms with E-state index in [0.717, 1.165) is 17.8 Å². The summed E-state index contributed by atoms with van der Waals surface area (Å²) in [7, 11) is 1.25. The van der Waals surface area contributed by atoms with Gasteiger partial charge in [-0.15, -0.1) is 11.3 Å². The largest absolute Gasteiger partial charge is 0.468 e. The van der Waals surface area contributed by atoms with E-state index in [0.29, 0.717) is 21.8 Å². The molecule has 2 amide bonds. The molecule has 26 heavy (non-hydrogen) atoms. The van der Waals surface area contributed by atoms with Crippen molar-refractivity contribution >= 4 is 34.8 Å². The molecular formula is C18H21N3O4S. The molecule has 1 aromatic carbocycles. The van der Waals surface area contributed by atoms with Crippen molar-refractivity contribution in [3.05, 3.63) is 45.4 Å². The van der Waals surface area contributed by atoms with Crippen LogP contribution in [0.5, 0.6) is 0 Å². The Morgan fingerprint density at radius 2 is 2.00 bits per heavy atom. The molecule has 1 heterocycles. The van der Waals surface area contributed by atoms with E-state index in [9.17, 15) is 14.4 Å². The van der Waals surface area contributed by atoms with Crippen molar-refractivity contribution in [2.75, 3.05) is 19.0 Å². The molecule has 138 valence electrons. The molecule has 7 nitrogen and oxygen atoms in total. The molecule has 0 saturated heterocycles. The first kappa shape index (κ1) is 19.6. The molecular weight excluding hydrogens is 354 g/mol. The van der Waals surface area contributed by atoms with Crippen LogP contribution in [0, 0.1) is 6.92 Å². The van der Waals surface area contributed by atoms with Gasteiger partial charge in [-0.3, -0.25) is 14.4 Å². The number of aryl methyl sites for hydroxylation is 2. The number of hydrogen-bond acceptors (Lipinski definition) is 6. The number of thiazole rings is 1. The predicted molar refractivity (Wildman–Crippen MR) is 99.6 cm³/mol. The zero-order chi connectivity index (χ0) is 19.1. The molecule has 0 aliphatic rings. The van der Waals surface area contributed by atoms with E-state index in [2.05, 4.69) is 27.3 Å². The van der Waals surface area contributed by atoms with Crippen molar-refractivity contribution in [1.82, 2.24) is 10.3 Å². The van der Waals surface area contributed by atoms with Gasteiger partial charge in [0.15, 0.2) is 0 Å². The van der Waals surface area contributed by atoms with E-state index in [-0.39, 0.29) is 12.5 Å². The lowest BCUT2D eigenvalue weighted by Crippen LogP contribution is -2.30. The summed E-state index contributed by atoms with van der Waals surface area (Å²) in [6.45, 7) is 3.65. The van der Waals surface area contributed by atoms with Crippen molar-refractivity contribution in [3.63, 3.8) is 0 Å². The number of anilines is 1. The number of aromatic nitrogens is 1. The van der Waals surface area contributed by atoms with Gasteiger partial charge in [-0.25, -0.2) is 4.98 Å². The summed E-state index contributed by atoms with van der Waals surface area (Å²) in [6.07, 6.45) is 1.81. The second-order valence-corrected chi connectivity index (χ2v) is 6.65. The summed E-state index contributed by atoms with van der Waals surface area (Å²) in [5, 5.41) is 6.18. The Morgan fingerprint density at radius 3 is 2.69 bits per heavy atom. The van der Waals surface area contributed by atoms with Crippen molar-refractivity contribution < 1.29 is 19.1 Å². The molecule has 2 N–H and O–H groups in total. The Morgan fingerprint density at radius 1 is 1.23 bits per heavy atom. The van der Waals surface area contributed by atoms with Crippen LogP contribution >= 0.6 is 11.3 Å². The van der Waals surface area contributed by atoms with Gasteiger partial charge >= 0.3 is 5.97 Å². The van der Waals surface area contributed by atoms with Gasteiger partial charge < -0.3 is 15.4 Å². The fourth-order valence-corrected chi connectivity index (χ4v) is 3.30. The predicted octanol–water partition coefficient (Wildman–Crippen LogP) is 2.56. The topological polar surface area (TPSA) is 97.4 Å². The molecule has 0 spiro atoms. The van der Waals surface area contributed by atoms with Gasteiger partial charge in [0.2, 0.25) is 0 Å². The van der Waals surface area contributed by atoms with Gasteiger partial charge in [-0.1, -0.05) is 13.0 Å². The average Bonchev–Trinajstić information content (AvgIpc) is 3.00. The standard InChI is InChI=1S/C18H21N3O4S/c1-4-6-14-20-11(2)16(26-14)18(24)21-13-8-5-7-12(9-13)17(23)19-10-15(22)25-3/h5,7-9H,4,6,10H2,1-3H3,(H,19,23)(H,21,24). The fourth-order valence-electron chi connectivity index (χ4n) is 2.24. The highest BCUT2D eigenvalue weighted by atomic mass is 32.1. The van der Waals surface area contributed by atoms with E-state index >= 15 is 0 Å². The molecule has 0 aliphatic heterocycles. The third-order valence-electron chi connectivity index (χ3n) is 3.51. The van der Waals surface area contributed by atoms with Crippen molar-refractivity contribution in [1.29, 1.82) is 0 Å². The number of benzene rings is 1. The van der Waals surface area contributed by atoms with Crippen LogP contribution in [0.2, 0.25) is 0 Å². The van der Waals surface area contributed by atoms with Gasteiger partial charge in [0.1, 0.15) is 11.4 Å². The molecule has 0 aliphatic carbocycles. The van der Waals surface area contributed by atoms with Crippen LogP contribution in [0.4, 0.5) is 5.69 Å². The normalized spacial score (nSPS) is 10.3. The summed E-state index contributed by atoms with van der Waals surface area (Å²) in [5.41, 5.74) is 1.52. The molecule has 1 aromatic heterocycles. The van der Waals surface area contributed by atoms with E-state index in [4.69, 9.17) is 0 Å². The Balaban J connectivity index is 2.07. The summed E-state index contributed by atoms with van der Waals surface area (Å²) in [5.74, 6) is -1.22. The summed E-state index contributed by atoms with van der Waals surface area (Å²) in [4.78, 5) is 40.6. The second kappa shape index (κ2) is 9.10. The van der Waals surface area contributed by atoms with Crippen LogP contribution in [-0.4, -0.2) is 36.4 Å². The van der Waals surface area contributed by atoms with Gasteiger partial charge in [0.25, 0.3) is 11.8 Å². The van der Waals surface area contributed by atoms with E-state index in [1.54, 1.807) is 31.2 Å². The minimum absolute atomic E-state index is 0.216. The molecule has 0 radical (unpaired) electrons. The monoisotopic (exact) mass is 375 g/mol. The first-order valence-corrected chi connectivity index (χ1v) is 8.99. The maximum atomic E-state index is 12.5. The Hall–Kier alpha value is -2.74. The van der Waals surface area contributed by atoms with Crippen molar-refractivity contribution in [2.24, 2.45) is 0 Å². The Bertz CT molecular complexity index is 817. The minimum Gasteiger partial charge on any atom is -0.468 e. The lowest BCUT2D eigenvalue weighted by atomic mass is 10.2. The van der Waals surface area contributed by atoms with E-state index in [1.165, 1.54) is 18.4 Å². The van der Waals surface area contributed by atoms with Crippen molar-refractivity contribution in [3.8, 4) is 0 Å². The quantitative estimate of drug-likeness (QED) is 0.725. The zero-order valence-corrected chi connectivity index (χ0v) is 15.7. The molecule has 0 unspecified atom stereocenters. The lowest BCUT2D eigenvalue weighted by Gasteiger charge is -2.07. The van der Waals surface area contributed by atoms with Crippen LogP contribution < -0.4 is 10.6 Å². The van der Waals surface area contributed by atoms with Gasteiger partial charge in [0, 0.05) is 11.3 Å². The highest BCUT2D eigenvalue weighted by Crippen LogP contribution is 2.21. The minimum atomic E-state index is -0.536. The number of carbonyl (C=O) groups is 3. The first-order chi connectivity index (χ1) is 12.4. The number of amides is 2. The van der Waals surface area contributed by atoms with Crippen molar-refractivity contribution in [2.45, 2.75) is 26.7 Å². The number of esters is 1. The number of rotatable bonds is 7. The SMILES string of the molecule is CCCc1nc(C)c(C(=O)Nc2cccc(C(=O)NCC(=O)OC)c2)s1. The maximum absolute atomic E-state index is 12.5. The molecule has 2 rings (SSSR count). The van der Waals surface area contributed by atoms with Gasteiger partial charge in [0.05, 0.1) is 17.8 Å². The van der Waals surface area contributed by atoms with Crippen LogP contribution in [0.15, 0.2) is 24.3 Å². The van der Waals surface area contributed by atoms with E-state index in [1.807, 2.05) is 0 Å². The Labute approximate surface area is 155 Å². The molecule has 8 heteroatoms. The summed E-state index contributed by atoms with van der Waals surface area (Å²) < 4.78 is 4.48. The molecule has 0 atom stereocenters. The number of methoxy groups -OCH3 is 1. The third kappa shape index (κ3) is 5.13. The number of nitrogens with one attached hydrogen (secondary N) is 2. The number of hydrogen-bond donors (Lipinski definition) is 2. The van der Waals surface area contributed by atoms with Gasteiger partial charge in [-0.05, 0) is 38.0 Å². The van der Waals surface area contributed by atoms with Crippen LogP contribution in [0.25, 0.3) is 0 Å². The smallest absolute Gasteiger partial charge is 0.325 e. The number of carbonyl (C=O) groups excluding carboxylic acids is 3. The third-order valence-corrected chi connectivity index (χ3v) is 4.73. The van der Waals surface area contributed by atoms with E-state index < -0.39 is 11.9 Å². The van der Waals surface area contributed by atoms with Gasteiger partial charge in [-0.2, -0.15) is 0 Å². The molecule has 0 saturated carbocycles. The van der Waals surface area contributed by atoms with Crippen LogP contribution in [-0.2, 0) is 16.0 Å².